The highest BCUT2D eigenvalue weighted by atomic mass is 16.5. The normalized spacial score (nSPS) is 11.9. The van der Waals surface area contributed by atoms with Gasteiger partial charge in [-0.05, 0) is 32.9 Å². The van der Waals surface area contributed by atoms with Crippen LogP contribution in [0.2, 0.25) is 0 Å². The minimum atomic E-state index is -0.319. The molecule has 0 saturated heterocycles. The van der Waals surface area contributed by atoms with Crippen molar-refractivity contribution in [3.05, 3.63) is 18.2 Å². The van der Waals surface area contributed by atoms with Crippen LogP contribution in [0.25, 0.3) is 0 Å². The average molecular weight is 266 g/mol. The Morgan fingerprint density at radius 3 is 2.26 bits per heavy atom. The third-order valence-corrected chi connectivity index (χ3v) is 2.59. The average Bonchev–Trinajstić information content (AvgIpc) is 2.37. The van der Waals surface area contributed by atoms with E-state index in [1.54, 1.807) is 26.4 Å². The minimum Gasteiger partial charge on any atom is -0.493 e. The second-order valence-electron chi connectivity index (χ2n) is 4.60. The third kappa shape index (κ3) is 4.35. The summed E-state index contributed by atoms with van der Waals surface area (Å²) in [5.74, 6) is 1.25. The molecule has 0 unspecified atom stereocenters. The zero-order valence-corrected chi connectivity index (χ0v) is 12.1. The van der Waals surface area contributed by atoms with E-state index in [1.807, 2.05) is 26.8 Å². The molecule has 0 fully saturated rings. The van der Waals surface area contributed by atoms with Crippen LogP contribution >= 0.6 is 0 Å². The summed E-state index contributed by atoms with van der Waals surface area (Å²) in [5, 5.41) is 5.98. The third-order valence-electron chi connectivity index (χ3n) is 2.59. The molecule has 0 aromatic heterocycles. The van der Waals surface area contributed by atoms with Crippen molar-refractivity contribution in [3.8, 4) is 11.5 Å². The zero-order valence-electron chi connectivity index (χ0n) is 12.1. The molecule has 1 amide bonds. The SMILES string of the molecule is COc1ccc(N[C@H](C)C(=O)NC(C)C)cc1OC. The first kappa shape index (κ1) is 15.1. The van der Waals surface area contributed by atoms with Crippen molar-refractivity contribution in [3.63, 3.8) is 0 Å². The van der Waals surface area contributed by atoms with E-state index in [9.17, 15) is 4.79 Å². The van der Waals surface area contributed by atoms with Gasteiger partial charge in [0.25, 0.3) is 0 Å². The highest BCUT2D eigenvalue weighted by Crippen LogP contribution is 2.29. The van der Waals surface area contributed by atoms with Crippen LogP contribution in [0.1, 0.15) is 20.8 Å². The number of carbonyl (C=O) groups is 1. The number of rotatable bonds is 6. The molecule has 1 atom stereocenters. The number of carbonyl (C=O) groups excluding carboxylic acids is 1. The first-order chi connectivity index (χ1) is 8.97. The van der Waals surface area contributed by atoms with Gasteiger partial charge in [-0.2, -0.15) is 0 Å². The van der Waals surface area contributed by atoms with E-state index < -0.39 is 0 Å². The first-order valence-electron chi connectivity index (χ1n) is 6.26. The van der Waals surface area contributed by atoms with Crippen LogP contribution < -0.4 is 20.1 Å². The van der Waals surface area contributed by atoms with Gasteiger partial charge in [0.15, 0.2) is 11.5 Å². The lowest BCUT2D eigenvalue weighted by Crippen LogP contribution is -2.40. The van der Waals surface area contributed by atoms with Gasteiger partial charge < -0.3 is 20.1 Å². The van der Waals surface area contributed by atoms with E-state index in [-0.39, 0.29) is 18.0 Å². The van der Waals surface area contributed by atoms with Crippen molar-refractivity contribution in [1.29, 1.82) is 0 Å². The van der Waals surface area contributed by atoms with Crippen LogP contribution in [-0.2, 0) is 4.79 Å². The Balaban J connectivity index is 2.74. The summed E-state index contributed by atoms with van der Waals surface area (Å²) in [6, 6.07) is 5.26. The Labute approximate surface area is 114 Å². The van der Waals surface area contributed by atoms with E-state index in [0.717, 1.165) is 5.69 Å². The first-order valence-corrected chi connectivity index (χ1v) is 6.26. The van der Waals surface area contributed by atoms with Gasteiger partial charge in [-0.15, -0.1) is 0 Å². The van der Waals surface area contributed by atoms with Gasteiger partial charge in [0.2, 0.25) is 5.91 Å². The second kappa shape index (κ2) is 6.87. The maximum absolute atomic E-state index is 11.8. The predicted molar refractivity (Wildman–Crippen MR) is 75.9 cm³/mol. The Morgan fingerprint density at radius 1 is 1.11 bits per heavy atom. The molecule has 0 spiro atoms. The smallest absolute Gasteiger partial charge is 0.242 e. The van der Waals surface area contributed by atoms with Gasteiger partial charge in [0.05, 0.1) is 14.2 Å². The number of ether oxygens (including phenoxy) is 2. The summed E-state index contributed by atoms with van der Waals surface area (Å²) in [6.07, 6.45) is 0. The van der Waals surface area contributed by atoms with Crippen molar-refractivity contribution in [1.82, 2.24) is 5.32 Å². The molecule has 5 heteroatoms. The molecule has 5 nitrogen and oxygen atoms in total. The van der Waals surface area contributed by atoms with E-state index in [0.29, 0.717) is 11.5 Å². The number of benzene rings is 1. The lowest BCUT2D eigenvalue weighted by molar-refractivity contribution is -0.122. The molecule has 106 valence electrons. The number of methoxy groups -OCH3 is 2. The molecule has 0 aliphatic carbocycles. The number of amides is 1. The van der Waals surface area contributed by atoms with Crippen LogP contribution in [0, 0.1) is 0 Å². The van der Waals surface area contributed by atoms with Crippen molar-refractivity contribution < 1.29 is 14.3 Å². The van der Waals surface area contributed by atoms with Crippen molar-refractivity contribution in [2.45, 2.75) is 32.9 Å². The molecule has 19 heavy (non-hydrogen) atoms. The molecule has 0 saturated carbocycles. The summed E-state index contributed by atoms with van der Waals surface area (Å²) in [7, 11) is 3.17. The minimum absolute atomic E-state index is 0.0372. The van der Waals surface area contributed by atoms with Gasteiger partial charge in [0, 0.05) is 17.8 Å². The highest BCUT2D eigenvalue weighted by molar-refractivity contribution is 5.84. The van der Waals surface area contributed by atoms with Crippen LogP contribution in [0.5, 0.6) is 11.5 Å². The van der Waals surface area contributed by atoms with Crippen LogP contribution in [0.3, 0.4) is 0 Å². The second-order valence-corrected chi connectivity index (χ2v) is 4.60. The van der Waals surface area contributed by atoms with Gasteiger partial charge >= 0.3 is 0 Å². The molecule has 0 aliphatic rings. The topological polar surface area (TPSA) is 59.6 Å². The maximum Gasteiger partial charge on any atom is 0.242 e. The van der Waals surface area contributed by atoms with E-state index in [2.05, 4.69) is 10.6 Å². The molecule has 1 aromatic carbocycles. The van der Waals surface area contributed by atoms with Gasteiger partial charge in [-0.3, -0.25) is 4.79 Å². The molecule has 2 N–H and O–H groups in total. The highest BCUT2D eigenvalue weighted by Gasteiger charge is 2.14. The molecule has 0 heterocycles. The fraction of sp³-hybridized carbons (Fsp3) is 0.500. The number of hydrogen-bond acceptors (Lipinski definition) is 4. The van der Waals surface area contributed by atoms with Crippen LogP contribution in [0.4, 0.5) is 5.69 Å². The molecular weight excluding hydrogens is 244 g/mol. The molecule has 1 rings (SSSR count). The Hall–Kier alpha value is -1.91. The van der Waals surface area contributed by atoms with Crippen molar-refractivity contribution >= 4 is 11.6 Å². The molecule has 0 radical (unpaired) electrons. The van der Waals surface area contributed by atoms with Gasteiger partial charge in [-0.1, -0.05) is 0 Å². The number of nitrogens with one attached hydrogen (secondary N) is 2. The van der Waals surface area contributed by atoms with E-state index in [1.165, 1.54) is 0 Å². The summed E-state index contributed by atoms with van der Waals surface area (Å²) in [4.78, 5) is 11.8. The molecule has 0 bridgehead atoms. The fourth-order valence-electron chi connectivity index (χ4n) is 1.65. The summed E-state index contributed by atoms with van der Waals surface area (Å²) in [5.41, 5.74) is 0.809. The predicted octanol–water partition coefficient (Wildman–Crippen LogP) is 2.03. The van der Waals surface area contributed by atoms with Crippen LogP contribution in [-0.4, -0.2) is 32.2 Å². The fourth-order valence-corrected chi connectivity index (χ4v) is 1.65. The molecule has 1 aromatic rings. The van der Waals surface area contributed by atoms with Gasteiger partial charge in [-0.25, -0.2) is 0 Å². The quantitative estimate of drug-likeness (QED) is 0.827. The Kier molecular flexibility index (Phi) is 5.48. The Morgan fingerprint density at radius 2 is 1.74 bits per heavy atom. The van der Waals surface area contributed by atoms with Crippen molar-refractivity contribution in [2.75, 3.05) is 19.5 Å². The monoisotopic (exact) mass is 266 g/mol. The zero-order chi connectivity index (χ0) is 14.4. The van der Waals surface area contributed by atoms with Crippen LogP contribution in [0.15, 0.2) is 18.2 Å². The van der Waals surface area contributed by atoms with E-state index >= 15 is 0 Å². The summed E-state index contributed by atoms with van der Waals surface area (Å²) in [6.45, 7) is 5.68. The number of anilines is 1. The van der Waals surface area contributed by atoms with Gasteiger partial charge in [0.1, 0.15) is 6.04 Å². The summed E-state index contributed by atoms with van der Waals surface area (Å²) < 4.78 is 10.4. The van der Waals surface area contributed by atoms with Crippen molar-refractivity contribution in [2.24, 2.45) is 0 Å². The molecular formula is C14H22N2O3. The molecule has 0 aliphatic heterocycles. The maximum atomic E-state index is 11.8. The largest absolute Gasteiger partial charge is 0.493 e. The Bertz CT molecular complexity index is 433. The number of hydrogen-bond donors (Lipinski definition) is 2. The standard InChI is InChI=1S/C14H22N2O3/c1-9(2)15-14(17)10(3)16-11-6-7-12(18-4)13(8-11)19-5/h6-10,16H,1-5H3,(H,15,17)/t10-/m1/s1. The van der Waals surface area contributed by atoms with E-state index in [4.69, 9.17) is 9.47 Å². The lowest BCUT2D eigenvalue weighted by Gasteiger charge is -2.18. The summed E-state index contributed by atoms with van der Waals surface area (Å²) >= 11 is 0. The lowest BCUT2D eigenvalue weighted by atomic mass is 10.2.